The lowest BCUT2D eigenvalue weighted by molar-refractivity contribution is 0.106. The van der Waals surface area contributed by atoms with Crippen molar-refractivity contribution in [1.29, 1.82) is 0 Å². The Hall–Kier alpha value is -1.02. The predicted octanol–water partition coefficient (Wildman–Crippen LogP) is 2.29. The molecule has 0 heterocycles. The first-order valence-corrected chi connectivity index (χ1v) is 9.77. The zero-order valence-electron chi connectivity index (χ0n) is 14.7. The zero-order valence-corrected chi connectivity index (χ0v) is 15.7. The molecule has 5 nitrogen and oxygen atoms in total. The Labute approximate surface area is 141 Å². The van der Waals surface area contributed by atoms with Crippen molar-refractivity contribution < 1.29 is 13.3 Å². The van der Waals surface area contributed by atoms with Crippen LogP contribution in [-0.4, -0.2) is 48.9 Å². The van der Waals surface area contributed by atoms with Crippen molar-refractivity contribution in [1.82, 2.24) is 10.6 Å². The van der Waals surface area contributed by atoms with Crippen LogP contribution in [0.15, 0.2) is 43.0 Å². The highest BCUT2D eigenvalue weighted by molar-refractivity contribution is 6.62. The molecule has 1 aromatic carbocycles. The van der Waals surface area contributed by atoms with Gasteiger partial charge in [-0.1, -0.05) is 43.3 Å². The SMILES string of the molecule is C=CC(NCCNC(CC)[Si](OC)(OC)OC)c1ccccc1. The third-order valence-electron chi connectivity index (χ3n) is 3.96. The van der Waals surface area contributed by atoms with Crippen LogP contribution in [0.1, 0.15) is 24.9 Å². The number of rotatable bonds is 12. The van der Waals surface area contributed by atoms with Crippen LogP contribution < -0.4 is 10.6 Å². The molecule has 0 saturated carbocycles. The van der Waals surface area contributed by atoms with Crippen LogP contribution in [0, 0.1) is 0 Å². The van der Waals surface area contributed by atoms with Gasteiger partial charge in [0.2, 0.25) is 0 Å². The van der Waals surface area contributed by atoms with Crippen LogP contribution in [0.25, 0.3) is 0 Å². The molecular formula is C17H30N2O3Si. The average molecular weight is 339 g/mol. The van der Waals surface area contributed by atoms with E-state index < -0.39 is 8.80 Å². The number of hydrogen-bond donors (Lipinski definition) is 2. The zero-order chi connectivity index (χ0) is 17.1. The number of nitrogens with one attached hydrogen (secondary N) is 2. The van der Waals surface area contributed by atoms with Crippen molar-refractivity contribution in [2.24, 2.45) is 0 Å². The maximum Gasteiger partial charge on any atom is 0.517 e. The van der Waals surface area contributed by atoms with Gasteiger partial charge in [-0.15, -0.1) is 6.58 Å². The molecule has 0 saturated heterocycles. The summed E-state index contributed by atoms with van der Waals surface area (Å²) in [7, 11) is 2.28. The van der Waals surface area contributed by atoms with Gasteiger partial charge in [0.1, 0.15) is 0 Å². The van der Waals surface area contributed by atoms with Gasteiger partial charge in [-0.3, -0.25) is 0 Å². The average Bonchev–Trinajstić information content (AvgIpc) is 2.62. The van der Waals surface area contributed by atoms with Crippen LogP contribution in [0.3, 0.4) is 0 Å². The Morgan fingerprint density at radius 3 is 2.09 bits per heavy atom. The predicted molar refractivity (Wildman–Crippen MR) is 96.2 cm³/mol. The molecular weight excluding hydrogens is 308 g/mol. The normalized spacial score (nSPS) is 14.4. The number of benzene rings is 1. The van der Waals surface area contributed by atoms with E-state index in [1.54, 1.807) is 21.3 Å². The third kappa shape index (κ3) is 5.52. The summed E-state index contributed by atoms with van der Waals surface area (Å²) in [5, 5.41) is 6.97. The summed E-state index contributed by atoms with van der Waals surface area (Å²) in [5.41, 5.74) is 1.28. The van der Waals surface area contributed by atoms with Gasteiger partial charge in [0.15, 0.2) is 0 Å². The fourth-order valence-electron chi connectivity index (χ4n) is 2.67. The molecule has 1 aromatic rings. The molecule has 2 atom stereocenters. The molecule has 0 aliphatic carbocycles. The Morgan fingerprint density at radius 2 is 1.61 bits per heavy atom. The van der Waals surface area contributed by atoms with E-state index in [2.05, 4.69) is 36.3 Å². The summed E-state index contributed by atoms with van der Waals surface area (Å²) in [6.45, 7) is 7.61. The summed E-state index contributed by atoms with van der Waals surface area (Å²) in [5.74, 6) is 0. The van der Waals surface area contributed by atoms with Crippen molar-refractivity contribution in [3.63, 3.8) is 0 Å². The highest BCUT2D eigenvalue weighted by atomic mass is 28.4. The summed E-state index contributed by atoms with van der Waals surface area (Å²) in [6, 6.07) is 10.4. The van der Waals surface area contributed by atoms with Gasteiger partial charge in [0, 0.05) is 34.4 Å². The first-order chi connectivity index (χ1) is 11.2. The lowest BCUT2D eigenvalue weighted by Crippen LogP contribution is -2.60. The van der Waals surface area contributed by atoms with Gasteiger partial charge in [0.25, 0.3) is 0 Å². The minimum Gasteiger partial charge on any atom is -0.376 e. The van der Waals surface area contributed by atoms with Gasteiger partial charge in [-0.25, -0.2) is 0 Å². The molecule has 2 unspecified atom stereocenters. The van der Waals surface area contributed by atoms with Crippen LogP contribution in [0.4, 0.5) is 0 Å². The Kier molecular flexibility index (Phi) is 9.31. The van der Waals surface area contributed by atoms with E-state index in [4.69, 9.17) is 13.3 Å². The van der Waals surface area contributed by atoms with Crippen molar-refractivity contribution in [2.75, 3.05) is 34.4 Å². The molecule has 0 aromatic heterocycles. The van der Waals surface area contributed by atoms with Gasteiger partial charge < -0.3 is 23.9 Å². The third-order valence-corrected chi connectivity index (χ3v) is 7.14. The maximum absolute atomic E-state index is 5.55. The second-order valence-corrected chi connectivity index (χ2v) is 8.34. The van der Waals surface area contributed by atoms with E-state index in [9.17, 15) is 0 Å². The topological polar surface area (TPSA) is 51.8 Å². The van der Waals surface area contributed by atoms with E-state index >= 15 is 0 Å². The fourth-order valence-corrected chi connectivity index (χ4v) is 4.92. The molecule has 0 aliphatic rings. The van der Waals surface area contributed by atoms with E-state index in [0.29, 0.717) is 0 Å². The number of hydrogen-bond acceptors (Lipinski definition) is 5. The van der Waals surface area contributed by atoms with Crippen LogP contribution in [0.5, 0.6) is 0 Å². The van der Waals surface area contributed by atoms with Crippen molar-refractivity contribution in [2.45, 2.75) is 25.1 Å². The van der Waals surface area contributed by atoms with Crippen LogP contribution in [-0.2, 0) is 13.3 Å². The minimum absolute atomic E-state index is 0.0724. The largest absolute Gasteiger partial charge is 0.517 e. The first-order valence-electron chi connectivity index (χ1n) is 7.97. The lowest BCUT2D eigenvalue weighted by Gasteiger charge is -2.32. The molecule has 0 radical (unpaired) electrons. The quantitative estimate of drug-likeness (QED) is 0.348. The Bertz CT molecular complexity index is 432. The van der Waals surface area contributed by atoms with Crippen molar-refractivity contribution in [3.05, 3.63) is 48.6 Å². The standard InChI is InChI=1S/C17H30N2O3Si/c1-6-16(15-11-9-8-10-12-15)18-13-14-19-17(7-2)23(20-3,21-4)22-5/h6,8-12,16-19H,1,7,13-14H2,2-5H3. The second-order valence-electron chi connectivity index (χ2n) is 5.21. The highest BCUT2D eigenvalue weighted by Gasteiger charge is 2.46. The Morgan fingerprint density at radius 1 is 1.04 bits per heavy atom. The van der Waals surface area contributed by atoms with Crippen molar-refractivity contribution >= 4 is 8.80 Å². The summed E-state index contributed by atoms with van der Waals surface area (Å²) in [4.78, 5) is 0. The molecule has 6 heteroatoms. The molecule has 0 bridgehead atoms. The molecule has 0 fully saturated rings. The van der Waals surface area contributed by atoms with E-state index in [-0.39, 0.29) is 11.7 Å². The van der Waals surface area contributed by atoms with Gasteiger partial charge >= 0.3 is 8.80 Å². The molecule has 23 heavy (non-hydrogen) atoms. The van der Waals surface area contributed by atoms with Gasteiger partial charge in [0.05, 0.1) is 11.7 Å². The van der Waals surface area contributed by atoms with E-state index in [1.807, 2.05) is 24.3 Å². The highest BCUT2D eigenvalue weighted by Crippen LogP contribution is 2.15. The molecule has 0 amide bonds. The van der Waals surface area contributed by atoms with Gasteiger partial charge in [-0.2, -0.15) is 0 Å². The van der Waals surface area contributed by atoms with E-state index in [0.717, 1.165) is 19.5 Å². The summed E-state index contributed by atoms with van der Waals surface area (Å²) < 4.78 is 16.7. The van der Waals surface area contributed by atoms with Crippen molar-refractivity contribution in [3.8, 4) is 0 Å². The smallest absolute Gasteiger partial charge is 0.376 e. The lowest BCUT2D eigenvalue weighted by atomic mass is 10.1. The molecule has 0 aliphatic heterocycles. The van der Waals surface area contributed by atoms with Crippen LogP contribution in [0.2, 0.25) is 0 Å². The Balaban J connectivity index is 2.50. The summed E-state index contributed by atoms with van der Waals surface area (Å²) in [6.07, 6.45) is 2.80. The first kappa shape index (κ1) is 20.0. The maximum atomic E-state index is 5.55. The summed E-state index contributed by atoms with van der Waals surface area (Å²) >= 11 is 0. The molecule has 130 valence electrons. The van der Waals surface area contributed by atoms with E-state index in [1.165, 1.54) is 5.56 Å². The molecule has 0 spiro atoms. The fraction of sp³-hybridized carbons (Fsp3) is 0.529. The minimum atomic E-state index is -2.66. The monoisotopic (exact) mass is 338 g/mol. The van der Waals surface area contributed by atoms with Crippen LogP contribution >= 0.6 is 0 Å². The second kappa shape index (κ2) is 10.7. The molecule has 2 N–H and O–H groups in total. The van der Waals surface area contributed by atoms with Gasteiger partial charge in [-0.05, 0) is 12.0 Å². The molecule has 1 rings (SSSR count).